The second-order valence-corrected chi connectivity index (χ2v) is 8.48. The molecular weight excluding hydrogens is 396 g/mol. The van der Waals surface area contributed by atoms with Crippen LogP contribution in [0.1, 0.15) is 6.92 Å². The molecule has 4 rings (SSSR count). The summed E-state index contributed by atoms with van der Waals surface area (Å²) in [6, 6.07) is 1.74. The zero-order chi connectivity index (χ0) is 19.8. The molecule has 4 heterocycles. The lowest BCUT2D eigenvalue weighted by atomic mass is 10.2. The molecular formula is C20H21ClN4O2S. The molecule has 0 N–H and O–H groups in total. The SMILES string of the molecule is C=c1cc(-c2cn3cc(Cl)sc3n2)c(=O)o/c1=C/C(=C\C)N1CCN(C)CC1. The molecule has 1 aliphatic rings. The number of hydrogen-bond acceptors (Lipinski definition) is 6. The first kappa shape index (κ1) is 19.0. The van der Waals surface area contributed by atoms with Gasteiger partial charge in [0.05, 0.1) is 11.3 Å². The fourth-order valence-electron chi connectivity index (χ4n) is 3.28. The van der Waals surface area contributed by atoms with Crippen LogP contribution in [0.5, 0.6) is 0 Å². The van der Waals surface area contributed by atoms with E-state index in [0.717, 1.165) is 36.8 Å². The maximum Gasteiger partial charge on any atom is 0.345 e. The molecule has 0 unspecified atom stereocenters. The van der Waals surface area contributed by atoms with E-state index in [1.165, 1.54) is 11.3 Å². The second kappa shape index (κ2) is 7.58. The summed E-state index contributed by atoms with van der Waals surface area (Å²) in [4.78, 5) is 22.4. The van der Waals surface area contributed by atoms with Crippen LogP contribution >= 0.6 is 22.9 Å². The Morgan fingerprint density at radius 1 is 1.32 bits per heavy atom. The fourth-order valence-corrected chi connectivity index (χ4v) is 4.29. The highest BCUT2D eigenvalue weighted by Crippen LogP contribution is 2.24. The lowest BCUT2D eigenvalue weighted by Gasteiger charge is -2.34. The highest BCUT2D eigenvalue weighted by Gasteiger charge is 2.15. The molecule has 0 spiro atoms. The molecule has 0 bridgehead atoms. The van der Waals surface area contributed by atoms with Crippen molar-refractivity contribution < 1.29 is 4.42 Å². The van der Waals surface area contributed by atoms with Gasteiger partial charge in [0.1, 0.15) is 9.75 Å². The zero-order valence-electron chi connectivity index (χ0n) is 15.8. The van der Waals surface area contributed by atoms with Crippen molar-refractivity contribution in [1.82, 2.24) is 19.2 Å². The molecule has 0 saturated carbocycles. The number of fused-ring (bicyclic) bond motifs is 1. The summed E-state index contributed by atoms with van der Waals surface area (Å²) in [6.45, 7) is 9.96. The minimum absolute atomic E-state index is 0.399. The molecule has 0 radical (unpaired) electrons. The molecule has 0 amide bonds. The maximum atomic E-state index is 12.6. The van der Waals surface area contributed by atoms with Crippen LogP contribution in [-0.4, -0.2) is 52.4 Å². The van der Waals surface area contributed by atoms with Crippen molar-refractivity contribution in [1.29, 1.82) is 0 Å². The minimum Gasteiger partial charge on any atom is -0.422 e. The van der Waals surface area contributed by atoms with Crippen LogP contribution in [0.3, 0.4) is 0 Å². The molecule has 3 aromatic rings. The van der Waals surface area contributed by atoms with Gasteiger partial charge in [-0.05, 0) is 20.0 Å². The number of imidazole rings is 1. The molecule has 146 valence electrons. The number of halogens is 1. The van der Waals surface area contributed by atoms with E-state index in [9.17, 15) is 4.79 Å². The highest BCUT2D eigenvalue weighted by molar-refractivity contribution is 7.20. The standard InChI is InChI=1S/C20H21ClN4O2S/c1-4-14(24-7-5-23(3)6-8-24)10-17-13(2)9-15(19(26)27-17)16-11-25-12-18(21)28-20(25)22-16/h4,9-12H,2,5-8H2,1,3H3/b14-4+,17-10+. The van der Waals surface area contributed by atoms with Crippen molar-refractivity contribution >= 4 is 40.6 Å². The number of rotatable bonds is 3. The number of piperazine rings is 1. The van der Waals surface area contributed by atoms with Gasteiger partial charge in [-0.2, -0.15) is 0 Å². The van der Waals surface area contributed by atoms with Gasteiger partial charge in [-0.15, -0.1) is 0 Å². The molecule has 28 heavy (non-hydrogen) atoms. The summed E-state index contributed by atoms with van der Waals surface area (Å²) >= 11 is 7.34. The van der Waals surface area contributed by atoms with E-state index in [1.54, 1.807) is 22.9 Å². The molecule has 6 nitrogen and oxygen atoms in total. The first-order valence-corrected chi connectivity index (χ1v) is 10.2. The number of nitrogens with zero attached hydrogens (tertiary/aromatic N) is 4. The van der Waals surface area contributed by atoms with E-state index >= 15 is 0 Å². The van der Waals surface area contributed by atoms with Crippen molar-refractivity contribution in [2.24, 2.45) is 0 Å². The Kier molecular flexibility index (Phi) is 5.14. The topological polar surface area (TPSA) is 54.0 Å². The van der Waals surface area contributed by atoms with Crippen LogP contribution in [0.25, 0.3) is 28.9 Å². The van der Waals surface area contributed by atoms with Gasteiger partial charge in [-0.25, -0.2) is 9.78 Å². The molecule has 1 aliphatic heterocycles. The molecule has 1 saturated heterocycles. The largest absolute Gasteiger partial charge is 0.422 e. The molecule has 1 fully saturated rings. The van der Waals surface area contributed by atoms with Crippen LogP contribution < -0.4 is 16.3 Å². The van der Waals surface area contributed by atoms with Gasteiger partial charge >= 0.3 is 5.63 Å². The Morgan fingerprint density at radius 2 is 2.07 bits per heavy atom. The normalized spacial score (nSPS) is 17.0. The second-order valence-electron chi connectivity index (χ2n) is 6.84. The van der Waals surface area contributed by atoms with Gasteiger partial charge in [0.15, 0.2) is 4.96 Å². The van der Waals surface area contributed by atoms with Gasteiger partial charge in [0.2, 0.25) is 0 Å². The van der Waals surface area contributed by atoms with E-state index in [1.807, 2.05) is 19.1 Å². The van der Waals surface area contributed by atoms with Gasteiger partial charge in [-0.3, -0.25) is 4.40 Å². The first-order chi connectivity index (χ1) is 13.4. The number of likely N-dealkylation sites (N-methyl/N-ethyl adjacent to an activating group) is 1. The third-order valence-electron chi connectivity index (χ3n) is 4.90. The number of hydrogen-bond donors (Lipinski definition) is 0. The number of allylic oxidation sites excluding steroid dienone is 2. The van der Waals surface area contributed by atoms with E-state index in [0.29, 0.717) is 26.2 Å². The van der Waals surface area contributed by atoms with Crippen LogP contribution in [0, 0.1) is 0 Å². The molecule has 0 aromatic carbocycles. The Labute approximate surface area is 171 Å². The predicted molar refractivity (Wildman–Crippen MR) is 114 cm³/mol. The van der Waals surface area contributed by atoms with E-state index < -0.39 is 5.63 Å². The van der Waals surface area contributed by atoms with Crippen molar-refractivity contribution in [3.8, 4) is 11.3 Å². The summed E-state index contributed by atoms with van der Waals surface area (Å²) in [5, 5.41) is 0.650. The minimum atomic E-state index is -0.427. The number of aromatic nitrogens is 2. The predicted octanol–water partition coefficient (Wildman–Crippen LogP) is 2.01. The van der Waals surface area contributed by atoms with E-state index in [-0.39, 0.29) is 0 Å². The lowest BCUT2D eigenvalue weighted by molar-refractivity contribution is 0.191. The lowest BCUT2D eigenvalue weighted by Crippen LogP contribution is -2.44. The Bertz CT molecular complexity index is 1180. The molecule has 8 heteroatoms. The van der Waals surface area contributed by atoms with Crippen molar-refractivity contribution in [2.45, 2.75) is 6.92 Å². The van der Waals surface area contributed by atoms with Crippen LogP contribution in [0.15, 0.2) is 39.4 Å². The molecule has 3 aromatic heterocycles. The number of thiazole rings is 1. The highest BCUT2D eigenvalue weighted by atomic mass is 35.5. The smallest absolute Gasteiger partial charge is 0.345 e. The third kappa shape index (κ3) is 3.65. The average Bonchev–Trinajstić information content (AvgIpc) is 3.20. The summed E-state index contributed by atoms with van der Waals surface area (Å²) in [5.41, 5.74) is 2.04. The quantitative estimate of drug-likeness (QED) is 0.653. The molecule has 0 atom stereocenters. The molecule has 0 aliphatic carbocycles. The van der Waals surface area contributed by atoms with Gasteiger partial charge < -0.3 is 14.2 Å². The van der Waals surface area contributed by atoms with Gasteiger partial charge in [0, 0.05) is 55.6 Å². The van der Waals surface area contributed by atoms with Crippen molar-refractivity contribution in [3.05, 3.63) is 55.6 Å². The van der Waals surface area contributed by atoms with Crippen molar-refractivity contribution in [2.75, 3.05) is 33.2 Å². The fraction of sp³-hybridized carbons (Fsp3) is 0.300. The van der Waals surface area contributed by atoms with E-state index in [4.69, 9.17) is 16.0 Å². The zero-order valence-corrected chi connectivity index (χ0v) is 17.4. The van der Waals surface area contributed by atoms with Crippen molar-refractivity contribution in [3.63, 3.8) is 0 Å². The third-order valence-corrected chi connectivity index (χ3v) is 6.02. The monoisotopic (exact) mass is 416 g/mol. The van der Waals surface area contributed by atoms with Crippen LogP contribution in [-0.2, 0) is 0 Å². The van der Waals surface area contributed by atoms with E-state index in [2.05, 4.69) is 28.4 Å². The van der Waals surface area contributed by atoms with Gasteiger partial charge in [0.25, 0.3) is 0 Å². The van der Waals surface area contributed by atoms with Crippen LogP contribution in [0.4, 0.5) is 0 Å². The Morgan fingerprint density at radius 3 is 2.75 bits per heavy atom. The Hall–Kier alpha value is -2.35. The average molecular weight is 417 g/mol. The summed E-state index contributed by atoms with van der Waals surface area (Å²) in [7, 11) is 2.12. The first-order valence-electron chi connectivity index (χ1n) is 9.03. The Balaban J connectivity index is 1.70. The van der Waals surface area contributed by atoms with Gasteiger partial charge in [-0.1, -0.05) is 35.6 Å². The maximum absolute atomic E-state index is 12.6. The summed E-state index contributed by atoms with van der Waals surface area (Å²) in [5.74, 6) is 0. The summed E-state index contributed by atoms with van der Waals surface area (Å²) in [6.07, 6.45) is 7.46. The van der Waals surface area contributed by atoms with Crippen LogP contribution in [0.2, 0.25) is 4.34 Å². The summed E-state index contributed by atoms with van der Waals surface area (Å²) < 4.78 is 8.06.